The highest BCUT2D eigenvalue weighted by atomic mass is 127. The molecule has 3 rings (SSSR count). The summed E-state index contributed by atoms with van der Waals surface area (Å²) in [6.07, 6.45) is 7.81. The van der Waals surface area contributed by atoms with Crippen LogP contribution in [0.3, 0.4) is 0 Å². The molecule has 6 heteroatoms. The summed E-state index contributed by atoms with van der Waals surface area (Å²) in [6, 6.07) is 8.95. The molecule has 1 unspecified atom stereocenters. The number of hydrogen-bond acceptors (Lipinski definition) is 2. The number of benzene rings is 1. The molecule has 0 spiro atoms. The molecule has 162 valence electrons. The molecule has 0 radical (unpaired) electrons. The number of rotatable bonds is 6. The summed E-state index contributed by atoms with van der Waals surface area (Å²) in [4.78, 5) is 19.6. The maximum Gasteiger partial charge on any atom is 0.225 e. The van der Waals surface area contributed by atoms with E-state index in [9.17, 15) is 4.79 Å². The molecule has 1 saturated carbocycles. The monoisotopic (exact) mass is 512 g/mol. The Morgan fingerprint density at radius 3 is 2.55 bits per heavy atom. The summed E-state index contributed by atoms with van der Waals surface area (Å²) in [5.41, 5.74) is 2.60. The first kappa shape index (κ1) is 24.0. The van der Waals surface area contributed by atoms with Crippen molar-refractivity contribution in [2.75, 3.05) is 26.2 Å². The number of likely N-dealkylation sites (tertiary alicyclic amines) is 1. The molecular formula is C23H37IN4O. The van der Waals surface area contributed by atoms with E-state index >= 15 is 0 Å². The Labute approximate surface area is 193 Å². The summed E-state index contributed by atoms with van der Waals surface area (Å²) in [5.74, 6) is 1.51. The van der Waals surface area contributed by atoms with Gasteiger partial charge in [-0.3, -0.25) is 9.79 Å². The molecular weight excluding hydrogens is 475 g/mol. The first-order valence-corrected chi connectivity index (χ1v) is 11.0. The fraction of sp³-hybridized carbons (Fsp3) is 0.652. The number of nitrogens with zero attached hydrogens (tertiary/aromatic N) is 2. The molecule has 1 aliphatic carbocycles. The Kier molecular flexibility index (Phi) is 10.2. The second kappa shape index (κ2) is 12.4. The van der Waals surface area contributed by atoms with Crippen molar-refractivity contribution in [3.8, 4) is 0 Å². The third kappa shape index (κ3) is 7.46. The van der Waals surface area contributed by atoms with E-state index in [1.165, 1.54) is 30.4 Å². The Balaban J connectivity index is 0.00000300. The second-order valence-corrected chi connectivity index (χ2v) is 8.25. The van der Waals surface area contributed by atoms with E-state index in [1.54, 1.807) is 0 Å². The first-order chi connectivity index (χ1) is 13.7. The van der Waals surface area contributed by atoms with Crippen molar-refractivity contribution in [2.24, 2.45) is 10.9 Å². The lowest BCUT2D eigenvalue weighted by Gasteiger charge is -2.26. The Bertz CT molecular complexity index is 655. The van der Waals surface area contributed by atoms with Crippen molar-refractivity contribution in [2.45, 2.75) is 64.8 Å². The number of hydrogen-bond donors (Lipinski definition) is 2. The highest BCUT2D eigenvalue weighted by Gasteiger charge is 2.31. The van der Waals surface area contributed by atoms with Crippen LogP contribution in [-0.2, 0) is 11.2 Å². The lowest BCUT2D eigenvalue weighted by molar-refractivity contribution is -0.135. The van der Waals surface area contributed by atoms with E-state index in [0.29, 0.717) is 11.9 Å². The van der Waals surface area contributed by atoms with E-state index < -0.39 is 0 Å². The van der Waals surface area contributed by atoms with Crippen LogP contribution in [0.5, 0.6) is 0 Å². The van der Waals surface area contributed by atoms with Crippen LogP contribution in [0.2, 0.25) is 0 Å². The molecule has 29 heavy (non-hydrogen) atoms. The Morgan fingerprint density at radius 1 is 1.14 bits per heavy atom. The van der Waals surface area contributed by atoms with Crippen molar-refractivity contribution in [1.29, 1.82) is 0 Å². The lowest BCUT2D eigenvalue weighted by atomic mass is 9.88. The van der Waals surface area contributed by atoms with Gasteiger partial charge in [0.05, 0.1) is 0 Å². The quantitative estimate of drug-likeness (QED) is 0.346. The molecule has 1 heterocycles. The highest BCUT2D eigenvalue weighted by Crippen LogP contribution is 2.26. The van der Waals surface area contributed by atoms with Gasteiger partial charge in [0.25, 0.3) is 0 Å². The summed E-state index contributed by atoms with van der Waals surface area (Å²) in [7, 11) is 0. The van der Waals surface area contributed by atoms with Gasteiger partial charge >= 0.3 is 0 Å². The number of aryl methyl sites for hydroxylation is 1. The molecule has 1 aromatic rings. The number of halogens is 1. The molecule has 0 aromatic heterocycles. The largest absolute Gasteiger partial charge is 0.357 e. The number of nitrogens with one attached hydrogen (secondary N) is 2. The van der Waals surface area contributed by atoms with Crippen LogP contribution in [0.25, 0.3) is 0 Å². The summed E-state index contributed by atoms with van der Waals surface area (Å²) < 4.78 is 0. The van der Waals surface area contributed by atoms with E-state index in [-0.39, 0.29) is 29.9 Å². The highest BCUT2D eigenvalue weighted by molar-refractivity contribution is 14.0. The molecule has 1 aromatic carbocycles. The SMILES string of the molecule is CCNC(=NCCc1ccc(C)cc1)NC1CCN(C(=O)C2CCCCC2)C1.I. The van der Waals surface area contributed by atoms with E-state index in [2.05, 4.69) is 53.6 Å². The Hall–Kier alpha value is -1.31. The predicted octanol–water partition coefficient (Wildman–Crippen LogP) is 3.89. The van der Waals surface area contributed by atoms with Crippen LogP contribution in [-0.4, -0.2) is 49.0 Å². The number of carbonyl (C=O) groups is 1. The normalized spacial score (nSPS) is 20.3. The summed E-state index contributed by atoms with van der Waals surface area (Å²) in [6.45, 7) is 7.47. The smallest absolute Gasteiger partial charge is 0.225 e. The van der Waals surface area contributed by atoms with Gasteiger partial charge in [-0.1, -0.05) is 49.1 Å². The Morgan fingerprint density at radius 2 is 1.86 bits per heavy atom. The van der Waals surface area contributed by atoms with Crippen LogP contribution in [0.1, 0.15) is 56.6 Å². The van der Waals surface area contributed by atoms with Crippen molar-refractivity contribution in [1.82, 2.24) is 15.5 Å². The van der Waals surface area contributed by atoms with Crippen molar-refractivity contribution < 1.29 is 4.79 Å². The van der Waals surface area contributed by atoms with Gasteiger partial charge in [0.1, 0.15) is 0 Å². The van der Waals surface area contributed by atoms with Crippen molar-refractivity contribution in [3.63, 3.8) is 0 Å². The first-order valence-electron chi connectivity index (χ1n) is 11.0. The average Bonchev–Trinajstić information content (AvgIpc) is 3.18. The maximum absolute atomic E-state index is 12.8. The minimum absolute atomic E-state index is 0. The van der Waals surface area contributed by atoms with Gasteiger partial charge < -0.3 is 15.5 Å². The van der Waals surface area contributed by atoms with Gasteiger partial charge in [0.2, 0.25) is 5.91 Å². The summed E-state index contributed by atoms with van der Waals surface area (Å²) in [5, 5.41) is 6.89. The fourth-order valence-corrected chi connectivity index (χ4v) is 4.25. The third-order valence-electron chi connectivity index (χ3n) is 5.93. The molecule has 2 aliphatic rings. The maximum atomic E-state index is 12.8. The molecule has 0 bridgehead atoms. The molecule has 2 fully saturated rings. The van der Waals surface area contributed by atoms with Crippen LogP contribution in [0.15, 0.2) is 29.3 Å². The van der Waals surface area contributed by atoms with Gasteiger partial charge in [-0.05, 0) is 45.1 Å². The third-order valence-corrected chi connectivity index (χ3v) is 5.93. The zero-order valence-electron chi connectivity index (χ0n) is 18.0. The molecule has 1 atom stereocenters. The number of amides is 1. The standard InChI is InChI=1S/C23H36N4O.HI/c1-3-24-23(25-15-13-19-11-9-18(2)10-12-19)26-21-14-16-27(17-21)22(28)20-7-5-4-6-8-20;/h9-12,20-21H,3-8,13-17H2,1-2H3,(H2,24,25,26);1H. The number of carbonyl (C=O) groups excluding carboxylic acids is 1. The van der Waals surface area contributed by atoms with Crippen LogP contribution >= 0.6 is 24.0 Å². The lowest BCUT2D eigenvalue weighted by Crippen LogP contribution is -2.45. The minimum atomic E-state index is 0. The zero-order valence-corrected chi connectivity index (χ0v) is 20.3. The fourth-order valence-electron chi connectivity index (χ4n) is 4.25. The molecule has 1 amide bonds. The average molecular weight is 512 g/mol. The second-order valence-electron chi connectivity index (χ2n) is 8.25. The van der Waals surface area contributed by atoms with E-state index in [4.69, 9.17) is 4.99 Å². The molecule has 2 N–H and O–H groups in total. The topological polar surface area (TPSA) is 56.7 Å². The number of aliphatic imine (C=N–C) groups is 1. The van der Waals surface area contributed by atoms with Gasteiger partial charge in [0.15, 0.2) is 5.96 Å². The van der Waals surface area contributed by atoms with Gasteiger partial charge in [-0.25, -0.2) is 0 Å². The van der Waals surface area contributed by atoms with Crippen LogP contribution < -0.4 is 10.6 Å². The molecule has 1 aliphatic heterocycles. The van der Waals surface area contributed by atoms with Crippen LogP contribution in [0.4, 0.5) is 0 Å². The molecule has 1 saturated heterocycles. The van der Waals surface area contributed by atoms with E-state index in [1.807, 2.05) is 0 Å². The summed E-state index contributed by atoms with van der Waals surface area (Å²) >= 11 is 0. The molecule has 5 nitrogen and oxygen atoms in total. The number of guanidine groups is 1. The van der Waals surface area contributed by atoms with E-state index in [0.717, 1.165) is 57.8 Å². The zero-order chi connectivity index (χ0) is 19.8. The van der Waals surface area contributed by atoms with Crippen LogP contribution in [0, 0.1) is 12.8 Å². The van der Waals surface area contributed by atoms with Gasteiger partial charge in [-0.2, -0.15) is 0 Å². The predicted molar refractivity (Wildman–Crippen MR) is 131 cm³/mol. The van der Waals surface area contributed by atoms with Gasteiger partial charge in [0, 0.05) is 38.1 Å². The van der Waals surface area contributed by atoms with Crippen molar-refractivity contribution in [3.05, 3.63) is 35.4 Å². The van der Waals surface area contributed by atoms with Gasteiger partial charge in [-0.15, -0.1) is 24.0 Å². The minimum Gasteiger partial charge on any atom is -0.357 e. The van der Waals surface area contributed by atoms with Crippen molar-refractivity contribution >= 4 is 35.8 Å².